The van der Waals surface area contributed by atoms with Crippen molar-refractivity contribution in [3.63, 3.8) is 0 Å². The van der Waals surface area contributed by atoms with Crippen LogP contribution < -0.4 is 5.32 Å². The Bertz CT molecular complexity index is 528. The molecule has 3 heteroatoms. The zero-order valence-electron chi connectivity index (χ0n) is 11.6. The monoisotopic (exact) mass is 243 g/mol. The molecule has 96 valence electrons. The summed E-state index contributed by atoms with van der Waals surface area (Å²) in [6.07, 6.45) is 1.87. The lowest BCUT2D eigenvalue weighted by molar-refractivity contribution is 0.562. The van der Waals surface area contributed by atoms with Gasteiger partial charge in [0.05, 0.1) is 11.7 Å². The molecule has 0 aliphatic carbocycles. The molecule has 1 atom stereocenters. The van der Waals surface area contributed by atoms with Crippen LogP contribution in [0.15, 0.2) is 30.5 Å². The minimum Gasteiger partial charge on any atom is -0.308 e. The standard InChI is InChI=1S/C15H21N3/c1-5-18-14(8-9-17-18)15(16-4)13-7-6-11(2)10-12(13)3/h6-10,15-16H,5H2,1-4H3. The number of hydrogen-bond acceptors (Lipinski definition) is 2. The Morgan fingerprint density at radius 1 is 1.28 bits per heavy atom. The van der Waals surface area contributed by atoms with Crippen molar-refractivity contribution in [3.8, 4) is 0 Å². The highest BCUT2D eigenvalue weighted by Crippen LogP contribution is 2.25. The summed E-state index contributed by atoms with van der Waals surface area (Å²) in [7, 11) is 2.00. The summed E-state index contributed by atoms with van der Waals surface area (Å²) in [6, 6.07) is 8.89. The zero-order chi connectivity index (χ0) is 13.1. The predicted octanol–water partition coefficient (Wildman–Crippen LogP) is 2.83. The average molecular weight is 243 g/mol. The van der Waals surface area contributed by atoms with Crippen molar-refractivity contribution in [2.75, 3.05) is 7.05 Å². The SMILES string of the molecule is CCn1nccc1C(NC)c1ccc(C)cc1C. The molecule has 0 saturated carbocycles. The second-order valence-electron chi connectivity index (χ2n) is 4.65. The molecule has 1 heterocycles. The van der Waals surface area contributed by atoms with Crippen molar-refractivity contribution in [2.24, 2.45) is 0 Å². The number of aromatic nitrogens is 2. The molecule has 0 saturated heterocycles. The van der Waals surface area contributed by atoms with Crippen LogP contribution in [-0.4, -0.2) is 16.8 Å². The number of benzene rings is 1. The quantitative estimate of drug-likeness (QED) is 0.895. The Labute approximate surface area is 109 Å². The van der Waals surface area contributed by atoms with E-state index in [-0.39, 0.29) is 6.04 Å². The number of nitrogens with zero attached hydrogens (tertiary/aromatic N) is 2. The van der Waals surface area contributed by atoms with Crippen LogP contribution in [0.2, 0.25) is 0 Å². The molecule has 18 heavy (non-hydrogen) atoms. The first kappa shape index (κ1) is 12.8. The van der Waals surface area contributed by atoms with E-state index in [4.69, 9.17) is 0 Å². The Morgan fingerprint density at radius 2 is 2.06 bits per heavy atom. The summed E-state index contributed by atoms with van der Waals surface area (Å²) in [6.45, 7) is 7.30. The minimum atomic E-state index is 0.202. The number of nitrogens with one attached hydrogen (secondary N) is 1. The minimum absolute atomic E-state index is 0.202. The van der Waals surface area contributed by atoms with Crippen molar-refractivity contribution in [1.82, 2.24) is 15.1 Å². The normalized spacial score (nSPS) is 12.7. The second-order valence-corrected chi connectivity index (χ2v) is 4.65. The van der Waals surface area contributed by atoms with Gasteiger partial charge in [0.2, 0.25) is 0 Å². The fourth-order valence-electron chi connectivity index (χ4n) is 2.46. The van der Waals surface area contributed by atoms with Crippen molar-refractivity contribution in [1.29, 1.82) is 0 Å². The van der Waals surface area contributed by atoms with E-state index < -0.39 is 0 Å². The molecule has 0 fully saturated rings. The van der Waals surface area contributed by atoms with Gasteiger partial charge >= 0.3 is 0 Å². The van der Waals surface area contributed by atoms with E-state index in [0.29, 0.717) is 0 Å². The maximum atomic E-state index is 4.35. The Balaban J connectivity index is 2.45. The highest BCUT2D eigenvalue weighted by Gasteiger charge is 2.17. The molecule has 0 spiro atoms. The summed E-state index contributed by atoms with van der Waals surface area (Å²) in [5, 5.41) is 7.75. The number of aryl methyl sites for hydroxylation is 3. The molecule has 1 unspecified atom stereocenters. The topological polar surface area (TPSA) is 29.9 Å². The Kier molecular flexibility index (Phi) is 3.82. The molecule has 1 N–H and O–H groups in total. The Hall–Kier alpha value is -1.61. The first-order valence-corrected chi connectivity index (χ1v) is 6.43. The molecule has 0 aliphatic rings. The molecule has 0 radical (unpaired) electrons. The van der Waals surface area contributed by atoms with E-state index >= 15 is 0 Å². The summed E-state index contributed by atoms with van der Waals surface area (Å²) >= 11 is 0. The maximum Gasteiger partial charge on any atom is 0.0748 e. The van der Waals surface area contributed by atoms with Gasteiger partial charge in [-0.25, -0.2) is 0 Å². The van der Waals surface area contributed by atoms with E-state index in [1.807, 2.05) is 17.9 Å². The van der Waals surface area contributed by atoms with Gasteiger partial charge in [0.25, 0.3) is 0 Å². The second kappa shape index (κ2) is 5.36. The van der Waals surface area contributed by atoms with Crippen LogP contribution in [0.5, 0.6) is 0 Å². The lowest BCUT2D eigenvalue weighted by Gasteiger charge is -2.20. The van der Waals surface area contributed by atoms with Gasteiger partial charge in [-0.15, -0.1) is 0 Å². The van der Waals surface area contributed by atoms with Gasteiger partial charge in [-0.1, -0.05) is 23.8 Å². The van der Waals surface area contributed by atoms with Crippen molar-refractivity contribution in [3.05, 3.63) is 52.8 Å². The van der Waals surface area contributed by atoms with E-state index in [1.165, 1.54) is 22.4 Å². The zero-order valence-corrected chi connectivity index (χ0v) is 11.6. The molecule has 0 amide bonds. The van der Waals surface area contributed by atoms with Gasteiger partial charge in [0, 0.05) is 12.7 Å². The average Bonchev–Trinajstić information content (AvgIpc) is 2.81. The third kappa shape index (κ3) is 2.31. The first-order chi connectivity index (χ1) is 8.67. The fourth-order valence-corrected chi connectivity index (χ4v) is 2.46. The lowest BCUT2D eigenvalue weighted by Crippen LogP contribution is -2.22. The predicted molar refractivity (Wildman–Crippen MR) is 74.7 cm³/mol. The first-order valence-electron chi connectivity index (χ1n) is 6.43. The Morgan fingerprint density at radius 3 is 2.67 bits per heavy atom. The van der Waals surface area contributed by atoms with Crippen LogP contribution in [0, 0.1) is 13.8 Å². The third-order valence-corrected chi connectivity index (χ3v) is 3.37. The molecule has 1 aromatic carbocycles. The molecular weight excluding hydrogens is 222 g/mol. The maximum absolute atomic E-state index is 4.35. The summed E-state index contributed by atoms with van der Waals surface area (Å²) in [5.74, 6) is 0. The third-order valence-electron chi connectivity index (χ3n) is 3.37. The van der Waals surface area contributed by atoms with Gasteiger partial charge in [-0.2, -0.15) is 5.10 Å². The highest BCUT2D eigenvalue weighted by molar-refractivity contribution is 5.36. The van der Waals surface area contributed by atoms with Crippen LogP contribution in [0.1, 0.15) is 35.3 Å². The smallest absolute Gasteiger partial charge is 0.0748 e. The lowest BCUT2D eigenvalue weighted by atomic mass is 9.97. The van der Waals surface area contributed by atoms with Crippen LogP contribution in [0.3, 0.4) is 0 Å². The summed E-state index contributed by atoms with van der Waals surface area (Å²) < 4.78 is 2.04. The summed E-state index contributed by atoms with van der Waals surface area (Å²) in [4.78, 5) is 0. The number of rotatable bonds is 4. The fraction of sp³-hybridized carbons (Fsp3) is 0.400. The van der Waals surface area contributed by atoms with Crippen molar-refractivity contribution < 1.29 is 0 Å². The largest absolute Gasteiger partial charge is 0.308 e. The van der Waals surface area contributed by atoms with Crippen LogP contribution >= 0.6 is 0 Å². The summed E-state index contributed by atoms with van der Waals surface area (Å²) in [5.41, 5.74) is 5.15. The number of hydrogen-bond donors (Lipinski definition) is 1. The van der Waals surface area contributed by atoms with Crippen molar-refractivity contribution >= 4 is 0 Å². The van der Waals surface area contributed by atoms with Gasteiger partial charge in [0.15, 0.2) is 0 Å². The molecule has 0 bridgehead atoms. The molecule has 1 aromatic heterocycles. The molecule has 3 nitrogen and oxygen atoms in total. The van der Waals surface area contributed by atoms with Gasteiger partial charge < -0.3 is 5.32 Å². The van der Waals surface area contributed by atoms with Crippen LogP contribution in [-0.2, 0) is 6.54 Å². The van der Waals surface area contributed by atoms with Gasteiger partial charge in [-0.05, 0) is 45.0 Å². The molecule has 2 aromatic rings. The molecular formula is C15H21N3. The van der Waals surface area contributed by atoms with Crippen LogP contribution in [0.25, 0.3) is 0 Å². The van der Waals surface area contributed by atoms with Crippen molar-refractivity contribution in [2.45, 2.75) is 33.4 Å². The van der Waals surface area contributed by atoms with E-state index in [2.05, 4.69) is 55.5 Å². The van der Waals surface area contributed by atoms with E-state index in [1.54, 1.807) is 0 Å². The van der Waals surface area contributed by atoms with E-state index in [0.717, 1.165) is 6.54 Å². The van der Waals surface area contributed by atoms with Gasteiger partial charge in [0.1, 0.15) is 0 Å². The highest BCUT2D eigenvalue weighted by atomic mass is 15.3. The molecule has 0 aliphatic heterocycles. The van der Waals surface area contributed by atoms with Gasteiger partial charge in [-0.3, -0.25) is 4.68 Å². The van der Waals surface area contributed by atoms with E-state index in [9.17, 15) is 0 Å². The van der Waals surface area contributed by atoms with Crippen LogP contribution in [0.4, 0.5) is 0 Å². The molecule has 2 rings (SSSR count).